The highest BCUT2D eigenvalue weighted by Crippen LogP contribution is 2.36. The van der Waals surface area contributed by atoms with Crippen molar-refractivity contribution >= 4 is 17.9 Å². The number of unbranched alkanes of at least 4 members (excludes halogenated alkanes) is 1. The van der Waals surface area contributed by atoms with Crippen LogP contribution in [0.25, 0.3) is 0 Å². The van der Waals surface area contributed by atoms with Gasteiger partial charge in [-0.1, -0.05) is 19.4 Å². The molecule has 24 heavy (non-hydrogen) atoms. The number of aliphatic hydroxyl groups is 1. The van der Waals surface area contributed by atoms with E-state index in [-0.39, 0.29) is 6.61 Å². The zero-order valence-corrected chi connectivity index (χ0v) is 14.3. The fourth-order valence-electron chi connectivity index (χ4n) is 2.41. The number of hydrogen-bond acceptors (Lipinski definition) is 8. The Labute approximate surface area is 140 Å². The molecule has 1 heterocycles. The number of allylic oxidation sites excluding steroid dienone is 1. The van der Waals surface area contributed by atoms with Crippen LogP contribution in [-0.4, -0.2) is 53.7 Å². The van der Waals surface area contributed by atoms with E-state index in [0.717, 1.165) is 13.3 Å². The van der Waals surface area contributed by atoms with Crippen LogP contribution in [0.4, 0.5) is 0 Å². The number of ether oxygens (including phenoxy) is 4. The normalized spacial score (nSPS) is 29.5. The lowest BCUT2D eigenvalue weighted by Gasteiger charge is -2.31. The maximum Gasteiger partial charge on any atom is 0.303 e. The third-order valence-corrected chi connectivity index (χ3v) is 3.35. The minimum atomic E-state index is -1.53. The number of aliphatic hydroxyl groups excluding tert-OH is 1. The monoisotopic (exact) mass is 344 g/mol. The molecule has 0 saturated carbocycles. The Kier molecular flexibility index (Phi) is 7.37. The molecule has 1 aliphatic rings. The Balaban J connectivity index is 3.20. The number of esters is 3. The highest BCUT2D eigenvalue weighted by Gasteiger charge is 2.58. The van der Waals surface area contributed by atoms with E-state index in [1.807, 2.05) is 6.92 Å². The first-order chi connectivity index (χ1) is 11.2. The molecule has 1 saturated heterocycles. The van der Waals surface area contributed by atoms with Crippen LogP contribution in [0.2, 0.25) is 0 Å². The highest BCUT2D eigenvalue weighted by atomic mass is 16.7. The summed E-state index contributed by atoms with van der Waals surface area (Å²) in [6.07, 6.45) is 0.984. The van der Waals surface area contributed by atoms with Crippen molar-refractivity contribution in [2.24, 2.45) is 0 Å². The van der Waals surface area contributed by atoms with Crippen LogP contribution in [0.3, 0.4) is 0 Å². The van der Waals surface area contributed by atoms with Gasteiger partial charge in [-0.2, -0.15) is 0 Å². The molecule has 136 valence electrons. The summed E-state index contributed by atoms with van der Waals surface area (Å²) >= 11 is 0. The molecule has 4 atom stereocenters. The summed E-state index contributed by atoms with van der Waals surface area (Å²) in [7, 11) is 0. The molecule has 0 aliphatic carbocycles. The smallest absolute Gasteiger partial charge is 0.303 e. The van der Waals surface area contributed by atoms with Gasteiger partial charge in [0.2, 0.25) is 0 Å². The van der Waals surface area contributed by atoms with Crippen molar-refractivity contribution in [3.63, 3.8) is 0 Å². The molecule has 1 fully saturated rings. The van der Waals surface area contributed by atoms with Crippen LogP contribution in [0.5, 0.6) is 0 Å². The average Bonchev–Trinajstić information content (AvgIpc) is 2.70. The molecule has 0 aromatic rings. The summed E-state index contributed by atoms with van der Waals surface area (Å²) in [4.78, 5) is 33.9. The van der Waals surface area contributed by atoms with Crippen molar-refractivity contribution < 1.29 is 38.4 Å². The first-order valence-electron chi connectivity index (χ1n) is 7.73. The van der Waals surface area contributed by atoms with Gasteiger partial charge in [-0.3, -0.25) is 14.4 Å². The molecule has 1 unspecified atom stereocenters. The Bertz CT molecular complexity index is 500. The molecule has 1 rings (SSSR count). The molecule has 0 aromatic carbocycles. The van der Waals surface area contributed by atoms with Crippen molar-refractivity contribution in [2.75, 3.05) is 6.61 Å². The maximum atomic E-state index is 11.5. The molecule has 8 heteroatoms. The van der Waals surface area contributed by atoms with E-state index in [1.165, 1.54) is 13.8 Å². The Morgan fingerprint density at radius 1 is 1.12 bits per heavy atom. The third-order valence-electron chi connectivity index (χ3n) is 3.35. The number of rotatable bonds is 7. The SMILES string of the molecule is CCC/C=C/[C@@]1(COC(C)=O)OC(O)[C@@H](OC(C)=O)[C@@H]1OC(C)=O. The predicted molar refractivity (Wildman–Crippen MR) is 81.6 cm³/mol. The largest absolute Gasteiger partial charge is 0.462 e. The first-order valence-corrected chi connectivity index (χ1v) is 7.73. The first kappa shape index (κ1) is 20.1. The van der Waals surface area contributed by atoms with Gasteiger partial charge in [0.1, 0.15) is 6.61 Å². The van der Waals surface area contributed by atoms with Gasteiger partial charge in [0, 0.05) is 20.8 Å². The highest BCUT2D eigenvalue weighted by molar-refractivity contribution is 5.68. The summed E-state index contributed by atoms with van der Waals surface area (Å²) in [5, 5.41) is 10.1. The van der Waals surface area contributed by atoms with Crippen molar-refractivity contribution in [1.29, 1.82) is 0 Å². The zero-order valence-electron chi connectivity index (χ0n) is 14.3. The van der Waals surface area contributed by atoms with E-state index in [1.54, 1.807) is 12.2 Å². The van der Waals surface area contributed by atoms with Gasteiger partial charge in [-0.15, -0.1) is 0 Å². The van der Waals surface area contributed by atoms with E-state index >= 15 is 0 Å². The quantitative estimate of drug-likeness (QED) is 0.411. The van der Waals surface area contributed by atoms with Crippen LogP contribution in [0.15, 0.2) is 12.2 Å². The van der Waals surface area contributed by atoms with Crippen molar-refractivity contribution in [3.8, 4) is 0 Å². The van der Waals surface area contributed by atoms with Crippen molar-refractivity contribution in [1.82, 2.24) is 0 Å². The third kappa shape index (κ3) is 5.31. The molecular formula is C16H24O8. The van der Waals surface area contributed by atoms with Crippen LogP contribution in [0.1, 0.15) is 40.5 Å². The second-order valence-electron chi connectivity index (χ2n) is 5.54. The molecule has 0 amide bonds. The summed E-state index contributed by atoms with van der Waals surface area (Å²) in [5.41, 5.74) is -1.44. The zero-order chi connectivity index (χ0) is 18.3. The molecular weight excluding hydrogens is 320 g/mol. The number of carbonyl (C=O) groups is 3. The van der Waals surface area contributed by atoms with Gasteiger partial charge >= 0.3 is 17.9 Å². The van der Waals surface area contributed by atoms with Gasteiger partial charge in [0.05, 0.1) is 0 Å². The standard InChI is InChI=1S/C16H24O8/c1-5-6-7-8-16(9-21-10(2)17)14(23-12(4)19)13(15(20)24-16)22-11(3)18/h7-8,13-15,20H,5-6,9H2,1-4H3/b8-7+/t13-,14-,15?,16-/m0/s1. The summed E-state index contributed by atoms with van der Waals surface area (Å²) in [6.45, 7) is 5.24. The topological polar surface area (TPSA) is 108 Å². The summed E-state index contributed by atoms with van der Waals surface area (Å²) in [6, 6.07) is 0. The lowest BCUT2D eigenvalue weighted by molar-refractivity contribution is -0.180. The minimum Gasteiger partial charge on any atom is -0.462 e. The van der Waals surface area contributed by atoms with Crippen LogP contribution in [-0.2, 0) is 33.3 Å². The molecule has 0 radical (unpaired) electrons. The fourth-order valence-corrected chi connectivity index (χ4v) is 2.41. The molecule has 1 N–H and O–H groups in total. The van der Waals surface area contributed by atoms with Crippen molar-refractivity contribution in [3.05, 3.63) is 12.2 Å². The predicted octanol–water partition coefficient (Wildman–Crippen LogP) is 0.857. The van der Waals surface area contributed by atoms with Gasteiger partial charge in [-0.05, 0) is 12.5 Å². The molecule has 0 spiro atoms. The van der Waals surface area contributed by atoms with Gasteiger partial charge in [0.25, 0.3) is 0 Å². The summed E-state index contributed by atoms with van der Waals surface area (Å²) in [5.74, 6) is -1.87. The average molecular weight is 344 g/mol. The second-order valence-corrected chi connectivity index (χ2v) is 5.54. The van der Waals surface area contributed by atoms with Gasteiger partial charge < -0.3 is 24.1 Å². The lowest BCUT2D eigenvalue weighted by Crippen LogP contribution is -2.49. The van der Waals surface area contributed by atoms with Crippen LogP contribution in [0, 0.1) is 0 Å². The minimum absolute atomic E-state index is 0.296. The van der Waals surface area contributed by atoms with Crippen molar-refractivity contribution in [2.45, 2.75) is 64.6 Å². The number of carbonyl (C=O) groups excluding carboxylic acids is 3. The van der Waals surface area contributed by atoms with E-state index in [0.29, 0.717) is 6.42 Å². The molecule has 1 aliphatic heterocycles. The lowest BCUT2D eigenvalue weighted by atomic mass is 9.94. The van der Waals surface area contributed by atoms with Gasteiger partial charge in [0.15, 0.2) is 24.1 Å². The van der Waals surface area contributed by atoms with Gasteiger partial charge in [-0.25, -0.2) is 0 Å². The second kappa shape index (κ2) is 8.79. The molecule has 0 aromatic heterocycles. The fraction of sp³-hybridized carbons (Fsp3) is 0.688. The van der Waals surface area contributed by atoms with Crippen LogP contribution < -0.4 is 0 Å². The van der Waals surface area contributed by atoms with E-state index < -0.39 is 42.0 Å². The van der Waals surface area contributed by atoms with E-state index in [2.05, 4.69) is 0 Å². The molecule has 0 bridgehead atoms. The molecule has 8 nitrogen and oxygen atoms in total. The Morgan fingerprint density at radius 3 is 2.25 bits per heavy atom. The Morgan fingerprint density at radius 2 is 1.75 bits per heavy atom. The summed E-state index contributed by atoms with van der Waals surface area (Å²) < 4.78 is 20.8. The van der Waals surface area contributed by atoms with E-state index in [9.17, 15) is 19.5 Å². The number of hydrogen-bond donors (Lipinski definition) is 1. The Hall–Kier alpha value is -1.93. The van der Waals surface area contributed by atoms with E-state index in [4.69, 9.17) is 18.9 Å². The maximum absolute atomic E-state index is 11.5. The van der Waals surface area contributed by atoms with Crippen LogP contribution >= 0.6 is 0 Å².